The van der Waals surface area contributed by atoms with E-state index in [0.717, 1.165) is 22.4 Å². The number of anilines is 1. The Labute approximate surface area is 161 Å². The van der Waals surface area contributed by atoms with Crippen LogP contribution in [0.5, 0.6) is 0 Å². The second kappa shape index (κ2) is 8.06. The van der Waals surface area contributed by atoms with Gasteiger partial charge >= 0.3 is 0 Å². The normalized spacial score (nSPS) is 15.9. The molecule has 0 aliphatic carbocycles. The summed E-state index contributed by atoms with van der Waals surface area (Å²) in [4.78, 5) is 4.06. The van der Waals surface area contributed by atoms with Crippen molar-refractivity contribution < 1.29 is 13.7 Å². The molecule has 0 amide bonds. The van der Waals surface area contributed by atoms with Crippen molar-refractivity contribution >= 4 is 5.82 Å². The molecule has 0 bridgehead atoms. The molecule has 28 heavy (non-hydrogen) atoms. The van der Waals surface area contributed by atoms with E-state index in [1.807, 2.05) is 36.6 Å². The van der Waals surface area contributed by atoms with Gasteiger partial charge in [0.15, 0.2) is 5.76 Å². The van der Waals surface area contributed by atoms with Crippen molar-refractivity contribution in [2.24, 2.45) is 0 Å². The van der Waals surface area contributed by atoms with Crippen molar-refractivity contribution in [2.75, 3.05) is 5.73 Å². The molecule has 0 saturated carbocycles. The number of halogens is 1. The van der Waals surface area contributed by atoms with Crippen LogP contribution in [0.25, 0.3) is 11.3 Å². The average molecular weight is 378 g/mol. The number of nitrogens with two attached hydrogens (primary N) is 1. The van der Waals surface area contributed by atoms with E-state index in [-0.39, 0.29) is 12.0 Å². The van der Waals surface area contributed by atoms with Gasteiger partial charge < -0.3 is 20.3 Å². The minimum absolute atomic E-state index is 0.268. The Balaban J connectivity index is 1.33. The van der Waals surface area contributed by atoms with Gasteiger partial charge in [0, 0.05) is 24.9 Å². The Morgan fingerprint density at radius 1 is 1.21 bits per heavy atom. The number of dihydropyridines is 1. The molecular formula is C21H19FN4O2. The SMILES string of the molecule is Nc1ncccc1-c1cc(CC2=CNC(OCc3cccc(F)c3)C=C2)no1. The third kappa shape index (κ3) is 4.27. The number of rotatable bonds is 6. The summed E-state index contributed by atoms with van der Waals surface area (Å²) in [6.07, 6.45) is 7.72. The molecule has 1 aliphatic heterocycles. The molecule has 3 N–H and O–H groups in total. The van der Waals surface area contributed by atoms with Crippen molar-refractivity contribution in [3.63, 3.8) is 0 Å². The molecule has 7 heteroatoms. The van der Waals surface area contributed by atoms with Gasteiger partial charge in [0.25, 0.3) is 0 Å². The first-order valence-electron chi connectivity index (χ1n) is 8.83. The molecule has 0 radical (unpaired) electrons. The van der Waals surface area contributed by atoms with Gasteiger partial charge in [0.05, 0.1) is 17.9 Å². The molecule has 0 saturated heterocycles. The van der Waals surface area contributed by atoms with Gasteiger partial charge in [-0.3, -0.25) is 0 Å². The van der Waals surface area contributed by atoms with Crippen molar-refractivity contribution in [1.82, 2.24) is 15.5 Å². The molecule has 1 atom stereocenters. The van der Waals surface area contributed by atoms with Crippen LogP contribution >= 0.6 is 0 Å². The zero-order chi connectivity index (χ0) is 19.3. The average Bonchev–Trinajstić information content (AvgIpc) is 3.16. The first-order valence-corrected chi connectivity index (χ1v) is 8.83. The van der Waals surface area contributed by atoms with Crippen LogP contribution in [-0.4, -0.2) is 16.4 Å². The van der Waals surface area contributed by atoms with Gasteiger partial charge in [0.1, 0.15) is 17.9 Å². The highest BCUT2D eigenvalue weighted by molar-refractivity contribution is 5.69. The molecule has 4 rings (SSSR count). The number of nitrogen functional groups attached to an aromatic ring is 1. The van der Waals surface area contributed by atoms with Crippen molar-refractivity contribution in [1.29, 1.82) is 0 Å². The van der Waals surface area contributed by atoms with Crippen LogP contribution in [0.2, 0.25) is 0 Å². The first kappa shape index (κ1) is 17.9. The molecule has 2 aromatic heterocycles. The second-order valence-corrected chi connectivity index (χ2v) is 6.40. The minimum atomic E-state index is -0.268. The quantitative estimate of drug-likeness (QED) is 0.682. The summed E-state index contributed by atoms with van der Waals surface area (Å²) in [5.41, 5.74) is 9.20. The number of allylic oxidation sites excluding steroid dienone is 2. The van der Waals surface area contributed by atoms with Gasteiger partial charge in [-0.05, 0) is 41.5 Å². The van der Waals surface area contributed by atoms with Crippen LogP contribution in [-0.2, 0) is 17.8 Å². The third-order valence-electron chi connectivity index (χ3n) is 4.28. The van der Waals surface area contributed by atoms with Crippen LogP contribution in [0.3, 0.4) is 0 Å². The van der Waals surface area contributed by atoms with E-state index in [1.54, 1.807) is 18.3 Å². The highest BCUT2D eigenvalue weighted by Crippen LogP contribution is 2.25. The van der Waals surface area contributed by atoms with E-state index in [0.29, 0.717) is 24.6 Å². The summed E-state index contributed by atoms with van der Waals surface area (Å²) < 4.78 is 24.3. The highest BCUT2D eigenvalue weighted by atomic mass is 19.1. The Hall–Kier alpha value is -3.45. The number of hydrogen-bond donors (Lipinski definition) is 2. The second-order valence-electron chi connectivity index (χ2n) is 6.40. The van der Waals surface area contributed by atoms with Crippen LogP contribution in [0.15, 0.2) is 77.1 Å². The molecular weight excluding hydrogens is 359 g/mol. The third-order valence-corrected chi connectivity index (χ3v) is 4.28. The van der Waals surface area contributed by atoms with E-state index in [9.17, 15) is 4.39 Å². The van der Waals surface area contributed by atoms with E-state index in [1.165, 1.54) is 12.1 Å². The van der Waals surface area contributed by atoms with Crippen molar-refractivity contribution in [2.45, 2.75) is 19.3 Å². The molecule has 1 unspecified atom stereocenters. The fourth-order valence-electron chi connectivity index (χ4n) is 2.89. The summed E-state index contributed by atoms with van der Waals surface area (Å²) in [6, 6.07) is 11.9. The maximum Gasteiger partial charge on any atom is 0.170 e. The van der Waals surface area contributed by atoms with Crippen molar-refractivity contribution in [3.05, 3.63) is 89.7 Å². The largest absolute Gasteiger partial charge is 0.383 e. The standard InChI is InChI=1S/C21H19FN4O2/c22-16-4-1-3-15(9-16)13-27-20-7-6-14(12-25-20)10-17-11-19(28-26-17)18-5-2-8-24-21(18)23/h1-9,11-12,20,25H,10,13H2,(H2,23,24). The molecule has 3 aromatic rings. The van der Waals surface area contributed by atoms with Crippen LogP contribution < -0.4 is 11.1 Å². The zero-order valence-electron chi connectivity index (χ0n) is 15.0. The van der Waals surface area contributed by atoms with E-state index >= 15 is 0 Å². The molecule has 6 nitrogen and oxygen atoms in total. The Bertz CT molecular complexity index is 1030. The predicted octanol–water partition coefficient (Wildman–Crippen LogP) is 3.59. The number of aromatic nitrogens is 2. The number of hydrogen-bond acceptors (Lipinski definition) is 6. The fourth-order valence-corrected chi connectivity index (χ4v) is 2.89. The first-order chi connectivity index (χ1) is 13.7. The number of ether oxygens (including phenoxy) is 1. The number of benzene rings is 1. The van der Waals surface area contributed by atoms with E-state index in [2.05, 4.69) is 15.5 Å². The zero-order valence-corrected chi connectivity index (χ0v) is 15.0. The number of nitrogens with zero attached hydrogens (tertiary/aromatic N) is 2. The molecule has 142 valence electrons. The molecule has 0 spiro atoms. The lowest BCUT2D eigenvalue weighted by molar-refractivity contribution is 0.0576. The van der Waals surface area contributed by atoms with E-state index in [4.69, 9.17) is 15.0 Å². The van der Waals surface area contributed by atoms with Gasteiger partial charge in [-0.2, -0.15) is 0 Å². The monoisotopic (exact) mass is 378 g/mol. The fraction of sp³-hybridized carbons (Fsp3) is 0.143. The summed E-state index contributed by atoms with van der Waals surface area (Å²) in [7, 11) is 0. The van der Waals surface area contributed by atoms with E-state index < -0.39 is 0 Å². The maximum atomic E-state index is 13.2. The number of nitrogens with one attached hydrogen (secondary N) is 1. The number of pyridine rings is 1. The lowest BCUT2D eigenvalue weighted by Crippen LogP contribution is -2.28. The van der Waals surface area contributed by atoms with Gasteiger partial charge in [-0.1, -0.05) is 23.4 Å². The maximum absolute atomic E-state index is 13.2. The molecule has 0 fully saturated rings. The van der Waals surface area contributed by atoms with Gasteiger partial charge in [-0.15, -0.1) is 0 Å². The Morgan fingerprint density at radius 3 is 2.93 bits per heavy atom. The topological polar surface area (TPSA) is 86.2 Å². The summed E-state index contributed by atoms with van der Waals surface area (Å²) in [6.45, 7) is 0.322. The van der Waals surface area contributed by atoms with Crippen LogP contribution in [0, 0.1) is 5.82 Å². The summed E-state index contributed by atoms with van der Waals surface area (Å²) in [5.74, 6) is 0.725. The summed E-state index contributed by atoms with van der Waals surface area (Å²) in [5, 5.41) is 7.27. The smallest absolute Gasteiger partial charge is 0.170 e. The molecule has 1 aromatic carbocycles. The predicted molar refractivity (Wildman–Crippen MR) is 103 cm³/mol. The lowest BCUT2D eigenvalue weighted by atomic mass is 10.1. The van der Waals surface area contributed by atoms with Gasteiger partial charge in [0.2, 0.25) is 0 Å². The van der Waals surface area contributed by atoms with Crippen LogP contribution in [0.4, 0.5) is 10.2 Å². The minimum Gasteiger partial charge on any atom is -0.383 e. The highest BCUT2D eigenvalue weighted by Gasteiger charge is 2.13. The Kier molecular flexibility index (Phi) is 5.16. The van der Waals surface area contributed by atoms with Crippen LogP contribution in [0.1, 0.15) is 11.3 Å². The molecule has 3 heterocycles. The lowest BCUT2D eigenvalue weighted by Gasteiger charge is -2.19. The van der Waals surface area contributed by atoms with Gasteiger partial charge in [-0.25, -0.2) is 9.37 Å². The van der Waals surface area contributed by atoms with Crippen molar-refractivity contribution in [3.8, 4) is 11.3 Å². The Morgan fingerprint density at radius 2 is 2.14 bits per heavy atom. The molecule has 1 aliphatic rings. The summed E-state index contributed by atoms with van der Waals surface area (Å²) >= 11 is 0.